The van der Waals surface area contributed by atoms with Crippen molar-refractivity contribution in [2.75, 3.05) is 6.61 Å². The fourth-order valence-corrected chi connectivity index (χ4v) is 2.19. The van der Waals surface area contributed by atoms with Crippen LogP contribution < -0.4 is 4.74 Å². The average Bonchev–Trinajstić information content (AvgIpc) is 2.46. The van der Waals surface area contributed by atoms with Crippen molar-refractivity contribution in [3.8, 4) is 5.88 Å². The van der Waals surface area contributed by atoms with Gasteiger partial charge in [0.25, 0.3) is 6.43 Å². The van der Waals surface area contributed by atoms with E-state index in [9.17, 15) is 8.78 Å². The number of benzene rings is 1. The topological polar surface area (TPSA) is 22.1 Å². The molecule has 0 spiro atoms. The summed E-state index contributed by atoms with van der Waals surface area (Å²) in [6.45, 7) is 1.46. The van der Waals surface area contributed by atoms with E-state index in [0.717, 1.165) is 5.56 Å². The van der Waals surface area contributed by atoms with Gasteiger partial charge in [-0.25, -0.2) is 13.8 Å². The van der Waals surface area contributed by atoms with Crippen LogP contribution in [0.15, 0.2) is 42.6 Å². The summed E-state index contributed by atoms with van der Waals surface area (Å²) in [6, 6.07) is 11.7. The summed E-state index contributed by atoms with van der Waals surface area (Å²) in [4.78, 5) is 4.06. The third-order valence-corrected chi connectivity index (χ3v) is 3.71. The van der Waals surface area contributed by atoms with Crippen LogP contribution in [0.1, 0.15) is 24.0 Å². The molecule has 5 heteroatoms. The summed E-state index contributed by atoms with van der Waals surface area (Å²) in [5.41, 5.74) is 2.21. The normalized spacial score (nSPS) is 12.4. The van der Waals surface area contributed by atoms with Gasteiger partial charge in [-0.3, -0.25) is 0 Å². The maximum absolute atomic E-state index is 12.0. The Morgan fingerprint density at radius 1 is 1.10 bits per heavy atom. The van der Waals surface area contributed by atoms with Crippen LogP contribution in [0, 0.1) is 3.57 Å². The Balaban J connectivity index is 2.07. The minimum Gasteiger partial charge on any atom is -0.472 e. The molecule has 2 rings (SSSR count). The van der Waals surface area contributed by atoms with Crippen LogP contribution in [0.3, 0.4) is 0 Å². The van der Waals surface area contributed by atoms with E-state index >= 15 is 0 Å². The number of pyridine rings is 1. The monoisotopic (exact) mass is 389 g/mol. The molecule has 2 nitrogen and oxygen atoms in total. The molecule has 20 heavy (non-hydrogen) atoms. The molecule has 1 aromatic carbocycles. The fourth-order valence-electron chi connectivity index (χ4n) is 1.83. The highest BCUT2D eigenvalue weighted by molar-refractivity contribution is 14.1. The molecule has 1 atom stereocenters. The van der Waals surface area contributed by atoms with Crippen LogP contribution in [0.25, 0.3) is 0 Å². The highest BCUT2D eigenvalue weighted by Crippen LogP contribution is 2.25. The number of nitrogens with zero attached hydrogens (tertiary/aromatic N) is 1. The summed E-state index contributed by atoms with van der Waals surface area (Å²) in [7, 11) is 0. The van der Waals surface area contributed by atoms with Crippen LogP contribution in [0.4, 0.5) is 8.78 Å². The molecule has 0 aliphatic rings. The first-order valence-corrected chi connectivity index (χ1v) is 7.26. The minimum atomic E-state index is -2.48. The molecule has 0 N–H and O–H groups in total. The number of rotatable bonds is 5. The first-order chi connectivity index (χ1) is 9.56. The van der Waals surface area contributed by atoms with Crippen LogP contribution >= 0.6 is 22.6 Å². The van der Waals surface area contributed by atoms with E-state index in [4.69, 9.17) is 4.74 Å². The van der Waals surface area contributed by atoms with E-state index in [1.165, 1.54) is 9.13 Å². The molecule has 1 heterocycles. The lowest BCUT2D eigenvalue weighted by molar-refractivity contribution is 0.0796. The predicted molar refractivity (Wildman–Crippen MR) is 82.4 cm³/mol. The number of aromatic nitrogens is 1. The molecule has 2 aromatic rings. The summed E-state index contributed by atoms with van der Waals surface area (Å²) in [6.07, 6.45) is -0.814. The second kappa shape index (κ2) is 6.97. The lowest BCUT2D eigenvalue weighted by atomic mass is 9.95. The summed E-state index contributed by atoms with van der Waals surface area (Å²) in [5, 5.41) is 0. The van der Waals surface area contributed by atoms with Gasteiger partial charge in [0, 0.05) is 21.8 Å². The van der Waals surface area contributed by atoms with E-state index < -0.39 is 13.0 Å². The van der Waals surface area contributed by atoms with E-state index in [1.54, 1.807) is 12.3 Å². The van der Waals surface area contributed by atoms with Gasteiger partial charge in [-0.15, -0.1) is 0 Å². The predicted octanol–water partition coefficient (Wildman–Crippen LogP) is 4.48. The van der Waals surface area contributed by atoms with Gasteiger partial charge in [0.05, 0.1) is 0 Å². The molecule has 0 fully saturated rings. The zero-order chi connectivity index (χ0) is 14.5. The van der Waals surface area contributed by atoms with Crippen LogP contribution in [-0.2, 0) is 0 Å². The summed E-state index contributed by atoms with van der Waals surface area (Å²) in [5.74, 6) is 0.424. The molecule has 1 unspecified atom stereocenters. The maximum atomic E-state index is 12.0. The molecular weight excluding hydrogens is 375 g/mol. The Labute approximate surface area is 130 Å². The third-order valence-electron chi connectivity index (χ3n) is 2.99. The van der Waals surface area contributed by atoms with Crippen molar-refractivity contribution in [3.63, 3.8) is 0 Å². The molecule has 0 amide bonds. The first-order valence-electron chi connectivity index (χ1n) is 6.18. The molecular formula is C15H14F2INO. The Morgan fingerprint density at radius 2 is 1.75 bits per heavy atom. The molecule has 1 aromatic heterocycles. The zero-order valence-electron chi connectivity index (χ0n) is 10.9. The van der Waals surface area contributed by atoms with E-state index in [0.29, 0.717) is 0 Å². The summed E-state index contributed by atoms with van der Waals surface area (Å²) >= 11 is 2.26. The Hall–Kier alpha value is -1.24. The fraction of sp³-hybridized carbons (Fsp3) is 0.267. The molecule has 0 saturated carbocycles. The second-order valence-electron chi connectivity index (χ2n) is 4.41. The number of alkyl halides is 2. The molecule has 106 valence electrons. The van der Waals surface area contributed by atoms with E-state index in [-0.39, 0.29) is 11.8 Å². The van der Waals surface area contributed by atoms with Crippen molar-refractivity contribution < 1.29 is 13.5 Å². The van der Waals surface area contributed by atoms with Crippen molar-refractivity contribution in [3.05, 3.63) is 57.3 Å². The van der Waals surface area contributed by atoms with Crippen molar-refractivity contribution in [2.24, 2.45) is 0 Å². The van der Waals surface area contributed by atoms with Gasteiger partial charge >= 0.3 is 0 Å². The van der Waals surface area contributed by atoms with Crippen molar-refractivity contribution in [1.29, 1.82) is 0 Å². The zero-order valence-corrected chi connectivity index (χ0v) is 13.1. The lowest BCUT2D eigenvalue weighted by Gasteiger charge is -2.13. The van der Waals surface area contributed by atoms with E-state index in [1.807, 2.05) is 6.07 Å². The first kappa shape index (κ1) is 15.2. The number of hydrogen-bond acceptors (Lipinski definition) is 2. The van der Waals surface area contributed by atoms with Crippen molar-refractivity contribution in [1.82, 2.24) is 4.98 Å². The van der Waals surface area contributed by atoms with Crippen LogP contribution in [0.5, 0.6) is 5.88 Å². The van der Waals surface area contributed by atoms with Gasteiger partial charge in [0.1, 0.15) is 0 Å². The Bertz CT molecular complexity index is 543. The summed E-state index contributed by atoms with van der Waals surface area (Å²) < 4.78 is 30.1. The molecule has 0 aliphatic heterocycles. The highest BCUT2D eigenvalue weighted by Gasteiger charge is 2.10. The minimum absolute atomic E-state index is 0.198. The van der Waals surface area contributed by atoms with Gasteiger partial charge < -0.3 is 4.74 Å². The molecule has 0 radical (unpaired) electrons. The van der Waals surface area contributed by atoms with Crippen molar-refractivity contribution in [2.45, 2.75) is 19.3 Å². The molecule has 0 bridgehead atoms. The highest BCUT2D eigenvalue weighted by atomic mass is 127. The number of hydrogen-bond donors (Lipinski definition) is 0. The largest absolute Gasteiger partial charge is 0.472 e. The molecule has 0 saturated heterocycles. The lowest BCUT2D eigenvalue weighted by Crippen LogP contribution is -2.08. The quantitative estimate of drug-likeness (QED) is 0.704. The van der Waals surface area contributed by atoms with Crippen LogP contribution in [0.2, 0.25) is 0 Å². The van der Waals surface area contributed by atoms with Crippen LogP contribution in [-0.4, -0.2) is 18.0 Å². The molecule has 0 aliphatic carbocycles. The van der Waals surface area contributed by atoms with Gasteiger partial charge in [0.2, 0.25) is 5.88 Å². The van der Waals surface area contributed by atoms with Crippen molar-refractivity contribution >= 4 is 22.6 Å². The SMILES string of the molecule is CC(c1ccc(I)cc1)c1ccc(OCC(F)F)nc1. The third kappa shape index (κ3) is 4.13. The Kier molecular flexibility index (Phi) is 5.28. The second-order valence-corrected chi connectivity index (χ2v) is 5.65. The smallest absolute Gasteiger partial charge is 0.272 e. The Morgan fingerprint density at radius 3 is 2.30 bits per heavy atom. The number of halogens is 3. The van der Waals surface area contributed by atoms with E-state index in [2.05, 4.69) is 58.8 Å². The van der Waals surface area contributed by atoms with Gasteiger partial charge in [-0.05, 0) is 45.9 Å². The maximum Gasteiger partial charge on any atom is 0.272 e. The van der Waals surface area contributed by atoms with Gasteiger partial charge in [-0.1, -0.05) is 25.1 Å². The van der Waals surface area contributed by atoms with Gasteiger partial charge in [0.15, 0.2) is 6.61 Å². The van der Waals surface area contributed by atoms with Gasteiger partial charge in [-0.2, -0.15) is 0 Å². The number of ether oxygens (including phenoxy) is 1. The standard InChI is InChI=1S/C15H14F2INO/c1-10(11-2-5-13(18)6-3-11)12-4-7-15(19-8-12)20-9-14(16)17/h2-8,10,14H,9H2,1H3. The average molecular weight is 389 g/mol.